The second kappa shape index (κ2) is 8.47. The van der Waals surface area contributed by atoms with Gasteiger partial charge in [-0.1, -0.05) is 6.07 Å². The lowest BCUT2D eigenvalue weighted by molar-refractivity contribution is -0.138. The lowest BCUT2D eigenvalue weighted by Gasteiger charge is -2.14. The van der Waals surface area contributed by atoms with E-state index in [1.165, 1.54) is 13.0 Å². The maximum absolute atomic E-state index is 14.3. The van der Waals surface area contributed by atoms with Crippen LogP contribution in [0.15, 0.2) is 42.0 Å². The number of rotatable bonds is 6. The zero-order valence-corrected chi connectivity index (χ0v) is 15.2. The van der Waals surface area contributed by atoms with Crippen LogP contribution in [0.25, 0.3) is 6.08 Å². The van der Waals surface area contributed by atoms with E-state index < -0.39 is 23.4 Å². The number of nitrogens with zero attached hydrogens (tertiary/aromatic N) is 1. The number of hydrogen-bond donors (Lipinski definition) is 0. The van der Waals surface area contributed by atoms with Crippen molar-refractivity contribution >= 4 is 17.7 Å². The van der Waals surface area contributed by atoms with Crippen LogP contribution >= 0.6 is 0 Å². The number of halogens is 2. The van der Waals surface area contributed by atoms with Gasteiger partial charge in [-0.25, -0.2) is 13.6 Å². The van der Waals surface area contributed by atoms with Crippen LogP contribution < -0.4 is 9.64 Å². The van der Waals surface area contributed by atoms with Gasteiger partial charge in [-0.2, -0.15) is 0 Å². The van der Waals surface area contributed by atoms with Crippen LogP contribution in [0.5, 0.6) is 11.5 Å². The van der Waals surface area contributed by atoms with Gasteiger partial charge in [0.2, 0.25) is 0 Å². The summed E-state index contributed by atoms with van der Waals surface area (Å²) < 4.78 is 38.9. The molecule has 0 bridgehead atoms. The third-order valence-corrected chi connectivity index (χ3v) is 3.56. The lowest BCUT2D eigenvalue weighted by atomic mass is 10.1. The molecule has 2 rings (SSSR count). The predicted octanol–water partition coefficient (Wildman–Crippen LogP) is 4.79. The van der Waals surface area contributed by atoms with E-state index in [1.54, 1.807) is 25.1 Å². The molecule has 0 fully saturated rings. The van der Waals surface area contributed by atoms with Crippen molar-refractivity contribution in [3.05, 3.63) is 59.2 Å². The topological polar surface area (TPSA) is 38.8 Å². The maximum Gasteiger partial charge on any atom is 0.333 e. The number of esters is 1. The van der Waals surface area contributed by atoms with Crippen LogP contribution in [0.3, 0.4) is 0 Å². The third-order valence-electron chi connectivity index (χ3n) is 3.56. The first-order valence-corrected chi connectivity index (χ1v) is 8.11. The largest absolute Gasteiger partial charge is 0.463 e. The van der Waals surface area contributed by atoms with Crippen LogP contribution in [0.2, 0.25) is 0 Å². The van der Waals surface area contributed by atoms with Crippen molar-refractivity contribution in [3.63, 3.8) is 0 Å². The van der Waals surface area contributed by atoms with Crippen molar-refractivity contribution in [2.24, 2.45) is 0 Å². The number of ether oxygens (including phenoxy) is 2. The Bertz CT molecular complexity index is 809. The van der Waals surface area contributed by atoms with Gasteiger partial charge >= 0.3 is 5.97 Å². The molecule has 0 aliphatic carbocycles. The SMILES string of the molecule is CCOC(=O)/C(C)=C/c1cc(F)c(Oc2cccc(N(C)C)c2)c(F)c1. The Kier molecular flexibility index (Phi) is 6.33. The van der Waals surface area contributed by atoms with Gasteiger partial charge < -0.3 is 14.4 Å². The van der Waals surface area contributed by atoms with Crippen LogP contribution in [0, 0.1) is 11.6 Å². The fourth-order valence-electron chi connectivity index (χ4n) is 2.26. The van der Waals surface area contributed by atoms with E-state index in [2.05, 4.69) is 0 Å². The molecule has 0 aliphatic rings. The Morgan fingerprint density at radius 1 is 1.15 bits per heavy atom. The van der Waals surface area contributed by atoms with Crippen LogP contribution in [-0.2, 0) is 9.53 Å². The summed E-state index contributed by atoms with van der Waals surface area (Å²) in [5.74, 6) is -2.42. The molecule has 0 atom stereocenters. The molecular weight excluding hydrogens is 340 g/mol. The molecule has 0 saturated heterocycles. The molecule has 0 N–H and O–H groups in total. The zero-order chi connectivity index (χ0) is 19.3. The Labute approximate surface area is 151 Å². The van der Waals surface area contributed by atoms with Crippen molar-refractivity contribution in [2.75, 3.05) is 25.6 Å². The van der Waals surface area contributed by atoms with Gasteiger partial charge in [0.1, 0.15) is 5.75 Å². The van der Waals surface area contributed by atoms with Crippen molar-refractivity contribution in [1.82, 2.24) is 0 Å². The highest BCUT2D eigenvalue weighted by Gasteiger charge is 2.14. The monoisotopic (exact) mass is 361 g/mol. The first kappa shape index (κ1) is 19.4. The fourth-order valence-corrected chi connectivity index (χ4v) is 2.26. The van der Waals surface area contributed by atoms with Crippen molar-refractivity contribution in [2.45, 2.75) is 13.8 Å². The molecular formula is C20H21F2NO3. The molecule has 0 heterocycles. The normalized spacial score (nSPS) is 11.2. The fraction of sp³-hybridized carbons (Fsp3) is 0.250. The van der Waals surface area contributed by atoms with E-state index in [1.807, 2.05) is 25.1 Å². The highest BCUT2D eigenvalue weighted by atomic mass is 19.1. The number of hydrogen-bond acceptors (Lipinski definition) is 4. The third kappa shape index (κ3) is 4.81. The molecule has 0 saturated carbocycles. The second-order valence-corrected chi connectivity index (χ2v) is 5.86. The van der Waals surface area contributed by atoms with E-state index in [-0.39, 0.29) is 17.7 Å². The number of carbonyl (C=O) groups is 1. The van der Waals surface area contributed by atoms with Gasteiger partial charge in [-0.3, -0.25) is 0 Å². The zero-order valence-electron chi connectivity index (χ0n) is 15.2. The summed E-state index contributed by atoms with van der Waals surface area (Å²) in [4.78, 5) is 13.5. The summed E-state index contributed by atoms with van der Waals surface area (Å²) in [6.45, 7) is 3.43. The van der Waals surface area contributed by atoms with E-state index in [4.69, 9.17) is 9.47 Å². The van der Waals surface area contributed by atoms with Crippen molar-refractivity contribution in [1.29, 1.82) is 0 Å². The molecule has 4 nitrogen and oxygen atoms in total. The number of carbonyl (C=O) groups excluding carboxylic acids is 1. The van der Waals surface area contributed by atoms with Crippen LogP contribution in [0.4, 0.5) is 14.5 Å². The van der Waals surface area contributed by atoms with Crippen LogP contribution in [0.1, 0.15) is 19.4 Å². The average molecular weight is 361 g/mol. The van der Waals surface area contributed by atoms with E-state index in [0.717, 1.165) is 17.8 Å². The summed E-state index contributed by atoms with van der Waals surface area (Å²) in [5.41, 5.74) is 1.30. The van der Waals surface area contributed by atoms with E-state index in [9.17, 15) is 13.6 Å². The first-order chi connectivity index (χ1) is 12.3. The Hall–Kier alpha value is -2.89. The second-order valence-electron chi connectivity index (χ2n) is 5.86. The van der Waals surface area contributed by atoms with E-state index >= 15 is 0 Å². The lowest BCUT2D eigenvalue weighted by Crippen LogP contribution is -2.08. The van der Waals surface area contributed by atoms with Gasteiger partial charge in [0, 0.05) is 31.4 Å². The highest BCUT2D eigenvalue weighted by Crippen LogP contribution is 2.31. The highest BCUT2D eigenvalue weighted by molar-refractivity contribution is 5.93. The Morgan fingerprint density at radius 2 is 1.81 bits per heavy atom. The molecule has 26 heavy (non-hydrogen) atoms. The summed E-state index contributed by atoms with van der Waals surface area (Å²) in [6, 6.07) is 9.10. The molecule has 0 unspecified atom stereocenters. The van der Waals surface area contributed by atoms with Gasteiger partial charge in [-0.15, -0.1) is 0 Å². The summed E-state index contributed by atoms with van der Waals surface area (Å²) in [5, 5.41) is 0. The minimum atomic E-state index is -0.858. The molecule has 2 aromatic carbocycles. The molecule has 2 aromatic rings. The summed E-state index contributed by atoms with van der Waals surface area (Å²) in [6.07, 6.45) is 1.36. The van der Waals surface area contributed by atoms with E-state index in [0.29, 0.717) is 5.75 Å². The Morgan fingerprint density at radius 3 is 2.38 bits per heavy atom. The summed E-state index contributed by atoms with van der Waals surface area (Å²) in [7, 11) is 3.71. The van der Waals surface area contributed by atoms with Crippen molar-refractivity contribution < 1.29 is 23.0 Å². The van der Waals surface area contributed by atoms with Gasteiger partial charge in [0.05, 0.1) is 6.61 Å². The molecule has 0 spiro atoms. The molecule has 0 amide bonds. The maximum atomic E-state index is 14.3. The molecule has 0 aliphatic heterocycles. The van der Waals surface area contributed by atoms with Crippen LogP contribution in [-0.4, -0.2) is 26.7 Å². The molecule has 138 valence electrons. The standard InChI is InChI=1S/C20H21F2NO3/c1-5-25-20(24)13(2)9-14-10-17(21)19(18(22)11-14)26-16-8-6-7-15(12-16)23(3)4/h6-12H,5H2,1-4H3/b13-9+. The minimum absolute atomic E-state index is 0.208. The average Bonchev–Trinajstić information content (AvgIpc) is 2.58. The first-order valence-electron chi connectivity index (χ1n) is 8.11. The molecule has 0 radical (unpaired) electrons. The molecule has 0 aromatic heterocycles. The van der Waals surface area contributed by atoms with Gasteiger partial charge in [-0.05, 0) is 49.8 Å². The Balaban J connectivity index is 2.28. The minimum Gasteiger partial charge on any atom is -0.463 e. The number of benzene rings is 2. The smallest absolute Gasteiger partial charge is 0.333 e. The number of anilines is 1. The molecule has 6 heteroatoms. The van der Waals surface area contributed by atoms with Crippen molar-refractivity contribution in [3.8, 4) is 11.5 Å². The summed E-state index contributed by atoms with van der Waals surface area (Å²) >= 11 is 0. The van der Waals surface area contributed by atoms with Gasteiger partial charge in [0.15, 0.2) is 17.4 Å². The van der Waals surface area contributed by atoms with Gasteiger partial charge in [0.25, 0.3) is 0 Å². The quantitative estimate of drug-likeness (QED) is 0.548. The predicted molar refractivity (Wildman–Crippen MR) is 97.5 cm³/mol.